The van der Waals surface area contributed by atoms with E-state index in [1.54, 1.807) is 13.0 Å². The van der Waals surface area contributed by atoms with Gasteiger partial charge in [-0.05, 0) is 25.1 Å². The van der Waals surface area contributed by atoms with Crippen LogP contribution in [0.1, 0.15) is 18.9 Å². The van der Waals surface area contributed by atoms with Crippen LogP contribution >= 0.6 is 15.9 Å². The predicted octanol–water partition coefficient (Wildman–Crippen LogP) is 1.86. The molecular weight excluding hydrogens is 302 g/mol. The molecule has 1 aromatic carbocycles. The Kier molecular flexibility index (Phi) is 5.51. The van der Waals surface area contributed by atoms with Crippen LogP contribution in [0.4, 0.5) is 4.39 Å². The average Bonchev–Trinajstić information content (AvgIpc) is 2.75. The minimum atomic E-state index is -0.463. The third-order valence-corrected chi connectivity index (χ3v) is 2.42. The van der Waals surface area contributed by atoms with E-state index >= 15 is 0 Å². The Morgan fingerprint density at radius 2 is 2.24 bits per heavy atom. The number of H-pyrrole nitrogens is 1. The Hall–Kier alpha value is -0.500. The summed E-state index contributed by atoms with van der Waals surface area (Å²) in [4.78, 5) is 0. The fraction of sp³-hybridized carbons (Fsp3) is 0.222. The normalized spacial score (nSPS) is 11.7. The number of aromatic nitrogens is 4. The molecule has 0 saturated heterocycles. The second-order valence-electron chi connectivity index (χ2n) is 3.10. The molecule has 0 fully saturated rings. The van der Waals surface area contributed by atoms with E-state index in [1.807, 2.05) is 0 Å². The van der Waals surface area contributed by atoms with E-state index in [-0.39, 0.29) is 35.3 Å². The number of hydrogen-bond acceptors (Lipinski definition) is 4. The molecule has 0 amide bonds. The molecule has 0 saturated carbocycles. The molecule has 1 aromatic heterocycles. The van der Waals surface area contributed by atoms with E-state index < -0.39 is 11.9 Å². The van der Waals surface area contributed by atoms with Gasteiger partial charge in [-0.2, -0.15) is 5.21 Å². The zero-order valence-electron chi connectivity index (χ0n) is 9.32. The van der Waals surface area contributed by atoms with Gasteiger partial charge in [0.15, 0.2) is 17.7 Å². The van der Waals surface area contributed by atoms with Gasteiger partial charge in [-0.15, -0.1) is 10.2 Å². The van der Waals surface area contributed by atoms with Crippen LogP contribution in [0.15, 0.2) is 22.7 Å². The molecule has 0 aliphatic rings. The number of hydrogen-bond donors (Lipinski definition) is 1. The number of rotatable bonds is 3. The fourth-order valence-corrected chi connectivity index (χ4v) is 1.49. The topological polar surface area (TPSA) is 63.7 Å². The van der Waals surface area contributed by atoms with Gasteiger partial charge >= 0.3 is 0 Å². The van der Waals surface area contributed by atoms with Crippen LogP contribution in [0.3, 0.4) is 0 Å². The van der Waals surface area contributed by atoms with Crippen molar-refractivity contribution in [3.63, 3.8) is 0 Å². The van der Waals surface area contributed by atoms with Crippen LogP contribution in [-0.2, 0) is 0 Å². The number of nitrogens with zero attached hydrogens (tertiary/aromatic N) is 3. The molecule has 0 spiro atoms. The summed E-state index contributed by atoms with van der Waals surface area (Å²) in [6, 6.07) is 4.57. The molecule has 1 radical (unpaired) electrons. The molecule has 1 atom stereocenters. The SMILES string of the molecule is C[C@H](Oc1ccc(Br)cc1F)c1nn[nH]n1.[Na]. The summed E-state index contributed by atoms with van der Waals surface area (Å²) in [6.45, 7) is 1.71. The molecule has 0 bridgehead atoms. The molecule has 5 nitrogen and oxygen atoms in total. The third-order valence-electron chi connectivity index (χ3n) is 1.92. The molecule has 0 aliphatic heterocycles. The second kappa shape index (κ2) is 6.44. The minimum Gasteiger partial charge on any atom is -0.480 e. The first kappa shape index (κ1) is 14.6. The summed E-state index contributed by atoms with van der Waals surface area (Å²) < 4.78 is 19.5. The van der Waals surface area contributed by atoms with Gasteiger partial charge in [0.2, 0.25) is 5.82 Å². The first-order valence-electron chi connectivity index (χ1n) is 4.52. The number of ether oxygens (including phenoxy) is 1. The Labute approximate surface area is 128 Å². The van der Waals surface area contributed by atoms with E-state index in [0.717, 1.165) is 0 Å². The van der Waals surface area contributed by atoms with Crippen LogP contribution in [0, 0.1) is 5.82 Å². The standard InChI is InChI=1S/C9H8BrFN4O.Na/c1-5(9-12-14-15-13-9)16-8-3-2-6(10)4-7(8)11;/h2-5H,1H3,(H,12,13,14,15);/t5-;/m0./s1. The van der Waals surface area contributed by atoms with Crippen molar-refractivity contribution in [3.8, 4) is 5.75 Å². The van der Waals surface area contributed by atoms with E-state index in [0.29, 0.717) is 10.3 Å². The summed E-state index contributed by atoms with van der Waals surface area (Å²) in [5.74, 6) is 0.0903. The summed E-state index contributed by atoms with van der Waals surface area (Å²) in [5.41, 5.74) is 0. The molecule has 0 unspecified atom stereocenters. The molecule has 1 N–H and O–H groups in total. The van der Waals surface area contributed by atoms with E-state index in [1.165, 1.54) is 12.1 Å². The summed E-state index contributed by atoms with van der Waals surface area (Å²) in [7, 11) is 0. The minimum absolute atomic E-state index is 0. The maximum atomic E-state index is 13.4. The van der Waals surface area contributed by atoms with Crippen LogP contribution in [-0.4, -0.2) is 50.2 Å². The largest absolute Gasteiger partial charge is 0.480 e. The molecule has 17 heavy (non-hydrogen) atoms. The summed E-state index contributed by atoms with van der Waals surface area (Å²) >= 11 is 3.17. The third kappa shape index (κ3) is 3.74. The first-order chi connectivity index (χ1) is 7.66. The van der Waals surface area contributed by atoms with Crippen LogP contribution in [0.5, 0.6) is 5.75 Å². The molecule has 2 aromatic rings. The van der Waals surface area contributed by atoms with Crippen molar-refractivity contribution in [2.75, 3.05) is 0 Å². The van der Waals surface area contributed by atoms with E-state index in [4.69, 9.17) is 4.74 Å². The average molecular weight is 310 g/mol. The van der Waals surface area contributed by atoms with Gasteiger partial charge in [0.05, 0.1) is 0 Å². The molecule has 85 valence electrons. The van der Waals surface area contributed by atoms with Gasteiger partial charge in [0, 0.05) is 34.0 Å². The Morgan fingerprint density at radius 1 is 1.47 bits per heavy atom. The van der Waals surface area contributed by atoms with Crippen molar-refractivity contribution >= 4 is 45.5 Å². The van der Waals surface area contributed by atoms with Crippen molar-refractivity contribution in [1.82, 2.24) is 20.6 Å². The fourth-order valence-electron chi connectivity index (χ4n) is 1.16. The van der Waals surface area contributed by atoms with Crippen molar-refractivity contribution < 1.29 is 9.13 Å². The van der Waals surface area contributed by atoms with Crippen LogP contribution in [0.2, 0.25) is 0 Å². The molecule has 2 rings (SSSR count). The second-order valence-corrected chi connectivity index (χ2v) is 4.02. The quantitative estimate of drug-likeness (QED) is 0.879. The molecule has 0 aliphatic carbocycles. The van der Waals surface area contributed by atoms with Gasteiger partial charge in [-0.1, -0.05) is 21.1 Å². The van der Waals surface area contributed by atoms with Gasteiger partial charge < -0.3 is 4.74 Å². The van der Waals surface area contributed by atoms with Crippen LogP contribution in [0.25, 0.3) is 0 Å². The van der Waals surface area contributed by atoms with Crippen LogP contribution < -0.4 is 4.74 Å². The van der Waals surface area contributed by atoms with Gasteiger partial charge in [-0.25, -0.2) is 4.39 Å². The van der Waals surface area contributed by atoms with Gasteiger partial charge in [0.1, 0.15) is 0 Å². The smallest absolute Gasteiger partial charge is 0.214 e. The Morgan fingerprint density at radius 3 is 2.82 bits per heavy atom. The maximum absolute atomic E-state index is 13.4. The number of tetrazole rings is 1. The molecular formula is C9H8BrFN4NaO. The molecule has 8 heteroatoms. The Balaban J connectivity index is 0.00000144. The monoisotopic (exact) mass is 309 g/mol. The van der Waals surface area contributed by atoms with Gasteiger partial charge in [-0.3, -0.25) is 0 Å². The Bertz CT molecular complexity index is 482. The summed E-state index contributed by atoms with van der Waals surface area (Å²) in [6.07, 6.45) is -0.463. The van der Waals surface area contributed by atoms with Gasteiger partial charge in [0.25, 0.3) is 0 Å². The number of benzene rings is 1. The predicted molar refractivity (Wildman–Crippen MR) is 63.1 cm³/mol. The number of nitrogens with one attached hydrogen (secondary N) is 1. The van der Waals surface area contributed by atoms with Crippen molar-refractivity contribution in [2.24, 2.45) is 0 Å². The van der Waals surface area contributed by atoms with Crippen molar-refractivity contribution in [2.45, 2.75) is 13.0 Å². The zero-order valence-corrected chi connectivity index (χ0v) is 12.9. The maximum Gasteiger partial charge on any atom is 0.214 e. The first-order valence-corrected chi connectivity index (χ1v) is 5.31. The van der Waals surface area contributed by atoms with E-state index in [2.05, 4.69) is 36.6 Å². The van der Waals surface area contributed by atoms with E-state index in [9.17, 15) is 4.39 Å². The van der Waals surface area contributed by atoms with Crippen molar-refractivity contribution in [1.29, 1.82) is 0 Å². The number of aromatic amines is 1. The van der Waals surface area contributed by atoms with Crippen molar-refractivity contribution in [3.05, 3.63) is 34.3 Å². The summed E-state index contributed by atoms with van der Waals surface area (Å²) in [5, 5.41) is 13.2. The molecule has 1 heterocycles. The zero-order chi connectivity index (χ0) is 11.5. The number of halogens is 2.